The van der Waals surface area contributed by atoms with E-state index in [1.165, 1.54) is 25.1 Å². The minimum absolute atomic E-state index is 0.153. The number of hydrogen-bond donors (Lipinski definition) is 1. The first kappa shape index (κ1) is 9.52. The topological polar surface area (TPSA) is 24.9 Å². The smallest absolute Gasteiger partial charge is 0.280 e. The number of nitrogens with zero attached hydrogens (tertiary/aromatic N) is 1. The summed E-state index contributed by atoms with van der Waals surface area (Å²) in [6, 6.07) is 3.71. The maximum Gasteiger partial charge on any atom is 0.280 e. The fraction of sp³-hybridized carbons (Fsp3) is 0.500. The summed E-state index contributed by atoms with van der Waals surface area (Å²) >= 11 is 0. The molecular weight excluding hydrogens is 186 g/mol. The molecule has 0 saturated heterocycles. The molecule has 4 heteroatoms. The predicted octanol–water partition coefficient (Wildman–Crippen LogP) is 2.27. The van der Waals surface area contributed by atoms with Gasteiger partial charge in [0, 0.05) is 18.8 Å². The Kier molecular flexibility index (Phi) is 2.72. The van der Waals surface area contributed by atoms with Gasteiger partial charge in [0.05, 0.1) is 0 Å². The lowest BCUT2D eigenvalue weighted by Gasteiger charge is -2.03. The van der Waals surface area contributed by atoms with Gasteiger partial charge in [-0.05, 0) is 24.5 Å². The molecule has 2 rings (SSSR count). The molecule has 1 fully saturated rings. The summed E-state index contributed by atoms with van der Waals surface area (Å²) in [7, 11) is 0. The molecule has 1 saturated carbocycles. The summed E-state index contributed by atoms with van der Waals surface area (Å²) in [5.41, 5.74) is 0.807. The van der Waals surface area contributed by atoms with Crippen LogP contribution < -0.4 is 5.32 Å². The Morgan fingerprint density at radius 3 is 2.71 bits per heavy atom. The maximum absolute atomic E-state index is 12.1. The second kappa shape index (κ2) is 4.00. The molecule has 0 unspecified atom stereocenters. The molecule has 0 spiro atoms. The van der Waals surface area contributed by atoms with Gasteiger partial charge in [0.15, 0.2) is 0 Å². The molecule has 0 radical (unpaired) electrons. The van der Waals surface area contributed by atoms with E-state index < -0.39 is 6.43 Å². The number of hydrogen-bond acceptors (Lipinski definition) is 2. The van der Waals surface area contributed by atoms with Crippen molar-refractivity contribution in [1.29, 1.82) is 0 Å². The van der Waals surface area contributed by atoms with Crippen LogP contribution in [0.25, 0.3) is 0 Å². The fourth-order valence-corrected chi connectivity index (χ4v) is 1.22. The van der Waals surface area contributed by atoms with Crippen LogP contribution in [-0.4, -0.2) is 11.0 Å². The number of rotatable bonds is 4. The van der Waals surface area contributed by atoms with Gasteiger partial charge in [0.1, 0.15) is 5.69 Å². The van der Waals surface area contributed by atoms with Crippen molar-refractivity contribution in [2.24, 2.45) is 0 Å². The molecule has 0 amide bonds. The quantitative estimate of drug-likeness (QED) is 0.802. The van der Waals surface area contributed by atoms with E-state index in [2.05, 4.69) is 10.3 Å². The van der Waals surface area contributed by atoms with Crippen LogP contribution in [0.4, 0.5) is 8.78 Å². The van der Waals surface area contributed by atoms with Crippen molar-refractivity contribution in [1.82, 2.24) is 10.3 Å². The lowest BCUT2D eigenvalue weighted by atomic mass is 10.2. The normalized spacial score (nSPS) is 16.2. The largest absolute Gasteiger partial charge is 0.310 e. The highest BCUT2D eigenvalue weighted by Crippen LogP contribution is 2.20. The van der Waals surface area contributed by atoms with Crippen molar-refractivity contribution in [2.45, 2.75) is 31.9 Å². The summed E-state index contributed by atoms with van der Waals surface area (Å²) in [5.74, 6) is 0. The van der Waals surface area contributed by atoms with E-state index in [1.54, 1.807) is 6.07 Å². The van der Waals surface area contributed by atoms with Gasteiger partial charge in [-0.2, -0.15) is 0 Å². The number of aromatic nitrogens is 1. The molecule has 1 aromatic rings. The fourth-order valence-electron chi connectivity index (χ4n) is 1.22. The van der Waals surface area contributed by atoms with Gasteiger partial charge in [-0.1, -0.05) is 6.07 Å². The first-order valence-electron chi connectivity index (χ1n) is 4.72. The lowest BCUT2D eigenvalue weighted by Crippen LogP contribution is -2.15. The summed E-state index contributed by atoms with van der Waals surface area (Å²) in [6.07, 6.45) is 1.49. The zero-order valence-electron chi connectivity index (χ0n) is 7.71. The van der Waals surface area contributed by atoms with Crippen molar-refractivity contribution in [3.05, 3.63) is 29.6 Å². The molecule has 76 valence electrons. The van der Waals surface area contributed by atoms with Crippen LogP contribution in [0.2, 0.25) is 0 Å². The Morgan fingerprint density at radius 1 is 1.43 bits per heavy atom. The van der Waals surface area contributed by atoms with Crippen LogP contribution in [-0.2, 0) is 6.54 Å². The summed E-state index contributed by atoms with van der Waals surface area (Å²) in [4.78, 5) is 3.69. The molecule has 1 aromatic heterocycles. The van der Waals surface area contributed by atoms with Crippen molar-refractivity contribution < 1.29 is 8.78 Å². The van der Waals surface area contributed by atoms with Crippen LogP contribution in [0.3, 0.4) is 0 Å². The van der Waals surface area contributed by atoms with Gasteiger partial charge in [-0.3, -0.25) is 4.98 Å². The summed E-state index contributed by atoms with van der Waals surface area (Å²) in [5, 5.41) is 3.29. The van der Waals surface area contributed by atoms with Gasteiger partial charge in [-0.25, -0.2) is 8.78 Å². The Morgan fingerprint density at radius 2 is 2.21 bits per heavy atom. The Balaban J connectivity index is 1.91. The van der Waals surface area contributed by atoms with E-state index in [0.717, 1.165) is 12.1 Å². The minimum Gasteiger partial charge on any atom is -0.310 e. The second-order valence-electron chi connectivity index (χ2n) is 3.55. The number of halogens is 2. The molecule has 14 heavy (non-hydrogen) atoms. The van der Waals surface area contributed by atoms with E-state index in [9.17, 15) is 8.78 Å². The third-order valence-electron chi connectivity index (χ3n) is 2.24. The third-order valence-corrected chi connectivity index (χ3v) is 2.24. The van der Waals surface area contributed by atoms with Crippen LogP contribution >= 0.6 is 0 Å². The zero-order valence-corrected chi connectivity index (χ0v) is 7.71. The third kappa shape index (κ3) is 2.48. The Bertz CT molecular complexity index is 293. The molecule has 1 heterocycles. The maximum atomic E-state index is 12.1. The minimum atomic E-state index is -2.47. The van der Waals surface area contributed by atoms with Gasteiger partial charge in [-0.15, -0.1) is 0 Å². The second-order valence-corrected chi connectivity index (χ2v) is 3.55. The van der Waals surface area contributed by atoms with E-state index in [4.69, 9.17) is 0 Å². The molecule has 1 aliphatic rings. The first-order valence-corrected chi connectivity index (χ1v) is 4.72. The van der Waals surface area contributed by atoms with Crippen LogP contribution in [0.5, 0.6) is 0 Å². The molecule has 0 aromatic carbocycles. The van der Waals surface area contributed by atoms with Crippen molar-refractivity contribution in [3.63, 3.8) is 0 Å². The van der Waals surface area contributed by atoms with Gasteiger partial charge < -0.3 is 5.32 Å². The standard InChI is InChI=1S/C10H12F2N2/c11-10(12)9-4-1-7(6-14-9)5-13-8-2-3-8/h1,4,6,8,10,13H,2-3,5H2. The Labute approximate surface area is 81.4 Å². The molecule has 0 aliphatic heterocycles. The summed E-state index contributed by atoms with van der Waals surface area (Å²) in [6.45, 7) is 0.723. The average Bonchev–Trinajstić information content (AvgIpc) is 2.99. The number of alkyl halides is 2. The SMILES string of the molecule is FC(F)c1ccc(CNC2CC2)cn1. The molecular formula is C10H12F2N2. The zero-order chi connectivity index (χ0) is 9.97. The van der Waals surface area contributed by atoms with Crippen molar-refractivity contribution in [3.8, 4) is 0 Å². The molecule has 1 aliphatic carbocycles. The van der Waals surface area contributed by atoms with Crippen LogP contribution in [0.15, 0.2) is 18.3 Å². The van der Waals surface area contributed by atoms with Crippen LogP contribution in [0, 0.1) is 0 Å². The predicted molar refractivity (Wildman–Crippen MR) is 49.1 cm³/mol. The van der Waals surface area contributed by atoms with Gasteiger partial charge in [0.2, 0.25) is 0 Å². The monoisotopic (exact) mass is 198 g/mol. The van der Waals surface area contributed by atoms with E-state index in [0.29, 0.717) is 6.04 Å². The van der Waals surface area contributed by atoms with E-state index in [1.807, 2.05) is 0 Å². The molecule has 1 N–H and O–H groups in total. The molecule has 2 nitrogen and oxygen atoms in total. The Hall–Kier alpha value is -1.03. The van der Waals surface area contributed by atoms with E-state index in [-0.39, 0.29) is 5.69 Å². The molecule has 0 bridgehead atoms. The highest BCUT2D eigenvalue weighted by molar-refractivity contribution is 5.14. The van der Waals surface area contributed by atoms with Gasteiger partial charge >= 0.3 is 0 Å². The number of nitrogens with one attached hydrogen (secondary N) is 1. The van der Waals surface area contributed by atoms with Gasteiger partial charge in [0.25, 0.3) is 6.43 Å². The van der Waals surface area contributed by atoms with Crippen LogP contribution in [0.1, 0.15) is 30.5 Å². The van der Waals surface area contributed by atoms with Crippen molar-refractivity contribution in [2.75, 3.05) is 0 Å². The first-order chi connectivity index (χ1) is 6.75. The molecule has 0 atom stereocenters. The number of pyridine rings is 1. The summed E-state index contributed by atoms with van der Waals surface area (Å²) < 4.78 is 24.3. The van der Waals surface area contributed by atoms with E-state index >= 15 is 0 Å². The highest BCUT2D eigenvalue weighted by atomic mass is 19.3. The lowest BCUT2D eigenvalue weighted by molar-refractivity contribution is 0.146. The van der Waals surface area contributed by atoms with Crippen molar-refractivity contribution >= 4 is 0 Å². The highest BCUT2D eigenvalue weighted by Gasteiger charge is 2.19. The average molecular weight is 198 g/mol.